The molecule has 20 heavy (non-hydrogen) atoms. The molecule has 0 fully saturated rings. The third-order valence-corrected chi connectivity index (χ3v) is 4.37. The molecule has 0 bridgehead atoms. The van der Waals surface area contributed by atoms with Crippen LogP contribution in [-0.4, -0.2) is 46.5 Å². The van der Waals surface area contributed by atoms with Crippen molar-refractivity contribution >= 4 is 39.1 Å². The van der Waals surface area contributed by atoms with Gasteiger partial charge in [0.05, 0.1) is 16.7 Å². The summed E-state index contributed by atoms with van der Waals surface area (Å²) in [5.41, 5.74) is 0.0852. The number of hydrogen-bond acceptors (Lipinski definition) is 4. The van der Waals surface area contributed by atoms with Crippen LogP contribution in [0, 0.1) is 0 Å². The van der Waals surface area contributed by atoms with Crippen LogP contribution in [0.15, 0.2) is 17.0 Å². The van der Waals surface area contributed by atoms with E-state index in [4.69, 9.17) is 33.1 Å². The van der Waals surface area contributed by atoms with Gasteiger partial charge in [-0.2, -0.15) is 0 Å². The number of primary sulfonamides is 1. The number of rotatable bonds is 5. The molecular weight excluding hydrogens is 327 g/mol. The maximum absolute atomic E-state index is 12.1. The molecule has 112 valence electrons. The zero-order valence-electron chi connectivity index (χ0n) is 10.9. The first kappa shape index (κ1) is 17.2. The number of nitrogens with two attached hydrogens (primary N) is 1. The Morgan fingerprint density at radius 3 is 2.50 bits per heavy atom. The molecule has 0 aliphatic carbocycles. The quantitative estimate of drug-likeness (QED) is 0.876. The fourth-order valence-electron chi connectivity index (χ4n) is 1.44. The number of likely N-dealkylation sites (N-methyl/N-ethyl adjacent to an activating group) is 1. The molecule has 2 N–H and O–H groups in total. The zero-order chi connectivity index (χ0) is 15.5. The Hall–Kier alpha value is -0.860. The number of nitrogens with zero attached hydrogens (tertiary/aromatic N) is 1. The highest BCUT2D eigenvalue weighted by Gasteiger charge is 2.21. The molecule has 0 aliphatic rings. The Bertz CT molecular complexity index is 619. The first-order valence-corrected chi connectivity index (χ1v) is 7.75. The van der Waals surface area contributed by atoms with Crippen molar-refractivity contribution in [1.82, 2.24) is 4.90 Å². The first-order valence-electron chi connectivity index (χ1n) is 5.44. The van der Waals surface area contributed by atoms with Gasteiger partial charge >= 0.3 is 0 Å². The summed E-state index contributed by atoms with van der Waals surface area (Å²) in [6.45, 7) is 0.700. The van der Waals surface area contributed by atoms with Gasteiger partial charge in [-0.05, 0) is 12.1 Å². The number of amides is 1. The molecule has 6 nitrogen and oxygen atoms in total. The van der Waals surface area contributed by atoms with E-state index < -0.39 is 15.9 Å². The third-order valence-electron chi connectivity index (χ3n) is 2.53. The normalized spacial score (nSPS) is 11.4. The summed E-state index contributed by atoms with van der Waals surface area (Å²) in [6.07, 6.45) is 0. The van der Waals surface area contributed by atoms with E-state index in [1.54, 1.807) is 7.05 Å². The standard InChI is InChI=1S/C11H14Cl2N2O4S/c1-15(3-4-19-2)11(16)7-5-8(12)10(13)9(6-7)20(14,17)18/h5-6H,3-4H2,1-2H3,(H2,14,17,18). The molecule has 1 amide bonds. The van der Waals surface area contributed by atoms with E-state index in [9.17, 15) is 13.2 Å². The smallest absolute Gasteiger partial charge is 0.253 e. The lowest BCUT2D eigenvalue weighted by atomic mass is 10.2. The number of carbonyl (C=O) groups excluding carboxylic acids is 1. The minimum Gasteiger partial charge on any atom is -0.383 e. The number of benzene rings is 1. The first-order chi connectivity index (χ1) is 9.18. The predicted molar refractivity (Wildman–Crippen MR) is 76.7 cm³/mol. The Labute approximate surface area is 127 Å². The van der Waals surface area contributed by atoms with Crippen LogP contribution in [-0.2, 0) is 14.8 Å². The number of halogens is 2. The molecule has 0 aromatic heterocycles. The van der Waals surface area contributed by atoms with E-state index in [2.05, 4.69) is 0 Å². The third kappa shape index (κ3) is 4.07. The molecule has 1 aromatic carbocycles. The van der Waals surface area contributed by atoms with Crippen LogP contribution in [0.25, 0.3) is 0 Å². The number of hydrogen-bond donors (Lipinski definition) is 1. The fourth-order valence-corrected chi connectivity index (χ4v) is 2.80. The fraction of sp³-hybridized carbons (Fsp3) is 0.364. The summed E-state index contributed by atoms with van der Waals surface area (Å²) in [7, 11) is -1.000. The number of ether oxygens (including phenoxy) is 1. The highest BCUT2D eigenvalue weighted by Crippen LogP contribution is 2.30. The maximum Gasteiger partial charge on any atom is 0.253 e. The minimum atomic E-state index is -4.07. The second-order valence-corrected chi connectivity index (χ2v) is 6.35. The summed E-state index contributed by atoms with van der Waals surface area (Å²) in [6, 6.07) is 2.40. The number of sulfonamides is 1. The Morgan fingerprint density at radius 2 is 2.00 bits per heavy atom. The van der Waals surface area contributed by atoms with Crippen molar-refractivity contribution in [3.05, 3.63) is 27.7 Å². The van der Waals surface area contributed by atoms with Crippen molar-refractivity contribution < 1.29 is 17.9 Å². The lowest BCUT2D eigenvalue weighted by molar-refractivity contribution is 0.0744. The predicted octanol–water partition coefficient (Wildman–Crippen LogP) is 1.36. The molecule has 1 aromatic rings. The Kier molecular flexibility index (Phi) is 5.79. The maximum atomic E-state index is 12.1. The average molecular weight is 341 g/mol. The lowest BCUT2D eigenvalue weighted by Gasteiger charge is -2.17. The van der Waals surface area contributed by atoms with Crippen molar-refractivity contribution in [1.29, 1.82) is 0 Å². The van der Waals surface area contributed by atoms with Crippen molar-refractivity contribution in [3.63, 3.8) is 0 Å². The SMILES string of the molecule is COCCN(C)C(=O)c1cc(Cl)c(Cl)c(S(N)(=O)=O)c1. The van der Waals surface area contributed by atoms with Crippen LogP contribution in [0.5, 0.6) is 0 Å². The van der Waals surface area contributed by atoms with Crippen molar-refractivity contribution in [3.8, 4) is 0 Å². The van der Waals surface area contributed by atoms with Gasteiger partial charge in [0.2, 0.25) is 10.0 Å². The van der Waals surface area contributed by atoms with Gasteiger partial charge in [-0.3, -0.25) is 4.79 Å². The summed E-state index contributed by atoms with van der Waals surface area (Å²) >= 11 is 11.6. The monoisotopic (exact) mass is 340 g/mol. The molecule has 0 heterocycles. The van der Waals surface area contributed by atoms with E-state index in [0.29, 0.717) is 13.2 Å². The van der Waals surface area contributed by atoms with Gasteiger partial charge in [0.15, 0.2) is 0 Å². The molecule has 9 heteroatoms. The minimum absolute atomic E-state index is 0.0540. The van der Waals surface area contributed by atoms with Crippen LogP contribution in [0.3, 0.4) is 0 Å². The van der Waals surface area contributed by atoms with E-state index >= 15 is 0 Å². The molecule has 0 spiro atoms. The van der Waals surface area contributed by atoms with Gasteiger partial charge in [-0.15, -0.1) is 0 Å². The molecule has 1 rings (SSSR count). The highest BCUT2D eigenvalue weighted by molar-refractivity contribution is 7.89. The molecular formula is C11H14Cl2N2O4S. The van der Waals surface area contributed by atoms with Crippen molar-refractivity contribution in [2.45, 2.75) is 4.90 Å². The van der Waals surface area contributed by atoms with Gasteiger partial charge in [0.25, 0.3) is 5.91 Å². The highest BCUT2D eigenvalue weighted by atomic mass is 35.5. The average Bonchev–Trinajstić information content (AvgIpc) is 2.36. The van der Waals surface area contributed by atoms with Crippen LogP contribution in [0.1, 0.15) is 10.4 Å². The van der Waals surface area contributed by atoms with Crippen LogP contribution >= 0.6 is 23.2 Å². The molecule has 0 radical (unpaired) electrons. The largest absolute Gasteiger partial charge is 0.383 e. The number of carbonyl (C=O) groups is 1. The van der Waals surface area contributed by atoms with E-state index in [1.807, 2.05) is 0 Å². The molecule has 0 saturated heterocycles. The summed E-state index contributed by atoms with van der Waals surface area (Å²) < 4.78 is 27.7. The Balaban J connectivity index is 3.21. The molecule has 0 atom stereocenters. The molecule has 0 aliphatic heterocycles. The van der Waals surface area contributed by atoms with Gasteiger partial charge in [-0.1, -0.05) is 23.2 Å². The van der Waals surface area contributed by atoms with E-state index in [0.717, 1.165) is 6.07 Å². The van der Waals surface area contributed by atoms with E-state index in [-0.39, 0.29) is 20.5 Å². The van der Waals surface area contributed by atoms with Crippen LogP contribution in [0.2, 0.25) is 10.0 Å². The summed E-state index contributed by atoms with van der Waals surface area (Å²) in [4.78, 5) is 13.1. The molecule has 0 unspecified atom stereocenters. The zero-order valence-corrected chi connectivity index (χ0v) is 13.2. The van der Waals surface area contributed by atoms with Crippen LogP contribution < -0.4 is 5.14 Å². The van der Waals surface area contributed by atoms with Gasteiger partial charge in [-0.25, -0.2) is 13.6 Å². The second-order valence-electron chi connectivity index (χ2n) is 4.03. The second kappa shape index (κ2) is 6.73. The van der Waals surface area contributed by atoms with Gasteiger partial charge in [0.1, 0.15) is 4.90 Å². The van der Waals surface area contributed by atoms with Crippen molar-refractivity contribution in [2.75, 3.05) is 27.3 Å². The number of methoxy groups -OCH3 is 1. The van der Waals surface area contributed by atoms with Crippen LogP contribution in [0.4, 0.5) is 0 Å². The van der Waals surface area contributed by atoms with Gasteiger partial charge in [0, 0.05) is 26.3 Å². The lowest BCUT2D eigenvalue weighted by Crippen LogP contribution is -2.30. The summed E-state index contributed by atoms with van der Waals surface area (Å²) in [5, 5.41) is 4.78. The van der Waals surface area contributed by atoms with E-state index in [1.165, 1.54) is 18.1 Å². The Morgan fingerprint density at radius 1 is 1.40 bits per heavy atom. The molecule has 0 saturated carbocycles. The van der Waals surface area contributed by atoms with Gasteiger partial charge < -0.3 is 9.64 Å². The van der Waals surface area contributed by atoms with Crippen molar-refractivity contribution in [2.24, 2.45) is 5.14 Å². The summed E-state index contributed by atoms with van der Waals surface area (Å²) in [5.74, 6) is -0.412. The topological polar surface area (TPSA) is 89.7 Å².